The summed E-state index contributed by atoms with van der Waals surface area (Å²) in [5.74, 6) is 1.15. The van der Waals surface area contributed by atoms with Crippen molar-refractivity contribution in [3.63, 3.8) is 0 Å². The molecule has 0 fully saturated rings. The van der Waals surface area contributed by atoms with Gasteiger partial charge in [0.1, 0.15) is 5.76 Å². The molecule has 0 radical (unpaired) electrons. The van der Waals surface area contributed by atoms with Gasteiger partial charge < -0.3 is 9.32 Å². The van der Waals surface area contributed by atoms with Gasteiger partial charge in [-0.1, -0.05) is 18.2 Å². The maximum atomic E-state index is 5.41. The Morgan fingerprint density at radius 3 is 2.80 bits per heavy atom. The van der Waals surface area contributed by atoms with Crippen molar-refractivity contribution in [3.05, 3.63) is 54.0 Å². The minimum Gasteiger partial charge on any atom is -0.469 e. The van der Waals surface area contributed by atoms with Crippen molar-refractivity contribution in [2.45, 2.75) is 13.0 Å². The molecule has 1 aromatic carbocycles. The number of furan rings is 1. The molecule has 0 aliphatic carbocycles. The Morgan fingerprint density at radius 2 is 1.93 bits per heavy atom. The van der Waals surface area contributed by atoms with E-state index in [9.17, 15) is 0 Å². The number of anilines is 1. The van der Waals surface area contributed by atoms with Crippen molar-refractivity contribution in [3.8, 4) is 0 Å². The number of para-hydroxylation sites is 1. The van der Waals surface area contributed by atoms with E-state index in [4.69, 9.17) is 4.42 Å². The van der Waals surface area contributed by atoms with Gasteiger partial charge in [0.2, 0.25) is 0 Å². The van der Waals surface area contributed by atoms with Gasteiger partial charge >= 0.3 is 0 Å². The highest BCUT2D eigenvalue weighted by Crippen LogP contribution is 2.24. The number of benzene rings is 1. The first-order chi connectivity index (χ1) is 7.43. The minimum absolute atomic E-state index is 0.968. The van der Waals surface area contributed by atoms with E-state index >= 15 is 0 Å². The molecule has 2 heteroatoms. The Hall–Kier alpha value is -1.70. The molecule has 2 heterocycles. The molecule has 2 aromatic rings. The molecule has 0 spiro atoms. The van der Waals surface area contributed by atoms with Gasteiger partial charge in [-0.05, 0) is 18.2 Å². The van der Waals surface area contributed by atoms with E-state index in [0.717, 1.165) is 25.3 Å². The number of hydrogen-bond acceptors (Lipinski definition) is 2. The highest BCUT2D eigenvalue weighted by atomic mass is 16.3. The summed E-state index contributed by atoms with van der Waals surface area (Å²) < 4.78 is 5.41. The second kappa shape index (κ2) is 3.46. The first-order valence-electron chi connectivity index (χ1n) is 5.29. The number of hydrogen-bond donors (Lipinski definition) is 0. The topological polar surface area (TPSA) is 16.4 Å². The molecular formula is C13H13NO. The van der Waals surface area contributed by atoms with Crippen molar-refractivity contribution >= 4 is 5.69 Å². The molecule has 0 N–H and O–H groups in total. The number of nitrogens with zero attached hydrogens (tertiary/aromatic N) is 1. The molecule has 0 saturated heterocycles. The average molecular weight is 199 g/mol. The van der Waals surface area contributed by atoms with Crippen LogP contribution in [0.4, 0.5) is 5.69 Å². The maximum absolute atomic E-state index is 5.41. The average Bonchev–Trinajstić information content (AvgIpc) is 2.77. The van der Waals surface area contributed by atoms with Crippen molar-refractivity contribution in [2.24, 2.45) is 0 Å². The lowest BCUT2D eigenvalue weighted by Crippen LogP contribution is -2.29. The molecule has 0 saturated carbocycles. The molecule has 1 aliphatic heterocycles. The highest BCUT2D eigenvalue weighted by molar-refractivity contribution is 5.48. The van der Waals surface area contributed by atoms with Crippen LogP contribution < -0.4 is 4.90 Å². The van der Waals surface area contributed by atoms with Crippen LogP contribution in [-0.4, -0.2) is 6.54 Å². The molecule has 1 aromatic heterocycles. The van der Waals surface area contributed by atoms with Crippen molar-refractivity contribution < 1.29 is 4.42 Å². The second-order valence-corrected chi connectivity index (χ2v) is 3.88. The number of rotatable bonds is 1. The Bertz CT molecular complexity index is 447. The van der Waals surface area contributed by atoms with E-state index in [1.807, 2.05) is 0 Å². The van der Waals surface area contributed by atoms with E-state index < -0.39 is 0 Å². The summed E-state index contributed by atoms with van der Waals surface area (Å²) in [5.41, 5.74) is 2.62. The maximum Gasteiger partial charge on any atom is 0.110 e. The van der Waals surface area contributed by atoms with Crippen LogP contribution in [0.1, 0.15) is 11.3 Å². The Balaban J connectivity index is 1.88. The van der Waals surface area contributed by atoms with E-state index in [-0.39, 0.29) is 0 Å². The van der Waals surface area contributed by atoms with Gasteiger partial charge in [0.25, 0.3) is 0 Å². The van der Waals surface area contributed by atoms with Gasteiger partial charge in [0.15, 0.2) is 0 Å². The zero-order valence-corrected chi connectivity index (χ0v) is 8.52. The summed E-state index contributed by atoms with van der Waals surface area (Å²) in [4.78, 5) is 2.39. The lowest BCUT2D eigenvalue weighted by atomic mass is 10.1. The van der Waals surface area contributed by atoms with E-state index in [1.165, 1.54) is 11.3 Å². The van der Waals surface area contributed by atoms with E-state index in [1.54, 1.807) is 6.26 Å². The predicted molar refractivity (Wildman–Crippen MR) is 59.9 cm³/mol. The molecule has 3 rings (SSSR count). The first-order valence-corrected chi connectivity index (χ1v) is 5.29. The van der Waals surface area contributed by atoms with Gasteiger partial charge in [-0.2, -0.15) is 0 Å². The highest BCUT2D eigenvalue weighted by Gasteiger charge is 2.18. The lowest BCUT2D eigenvalue weighted by Gasteiger charge is -2.28. The lowest BCUT2D eigenvalue weighted by molar-refractivity contribution is 0.490. The molecule has 0 bridgehead atoms. The molecule has 15 heavy (non-hydrogen) atoms. The zero-order chi connectivity index (χ0) is 10.1. The summed E-state index contributed by atoms with van der Waals surface area (Å²) in [7, 11) is 0. The fraction of sp³-hybridized carbons (Fsp3) is 0.231. The quantitative estimate of drug-likeness (QED) is 0.702. The predicted octanol–water partition coefficient (Wildman–Crippen LogP) is 2.84. The van der Waals surface area contributed by atoms with Crippen LogP contribution in [0.2, 0.25) is 0 Å². The fourth-order valence-corrected chi connectivity index (χ4v) is 2.11. The zero-order valence-electron chi connectivity index (χ0n) is 8.52. The van der Waals surface area contributed by atoms with Crippen molar-refractivity contribution in [2.75, 3.05) is 11.4 Å². The summed E-state index contributed by atoms with van der Waals surface area (Å²) in [6.45, 7) is 2.01. The van der Waals surface area contributed by atoms with E-state index in [2.05, 4.69) is 41.3 Å². The van der Waals surface area contributed by atoms with Crippen LogP contribution in [0.3, 0.4) is 0 Å². The Labute approximate surface area is 89.1 Å². The molecule has 76 valence electrons. The number of fused-ring (bicyclic) bond motifs is 1. The fourth-order valence-electron chi connectivity index (χ4n) is 2.11. The third kappa shape index (κ3) is 1.52. The molecule has 0 unspecified atom stereocenters. The minimum atomic E-state index is 0.968. The Kier molecular flexibility index (Phi) is 1.98. The third-order valence-corrected chi connectivity index (χ3v) is 2.93. The van der Waals surface area contributed by atoms with Crippen LogP contribution in [0, 0.1) is 0 Å². The van der Waals surface area contributed by atoms with Crippen LogP contribution in [0.15, 0.2) is 47.1 Å². The second-order valence-electron chi connectivity index (χ2n) is 3.88. The van der Waals surface area contributed by atoms with Gasteiger partial charge in [-0.25, -0.2) is 0 Å². The third-order valence-electron chi connectivity index (χ3n) is 2.93. The molecular weight excluding hydrogens is 186 g/mol. The summed E-state index contributed by atoms with van der Waals surface area (Å²) in [6, 6.07) is 12.6. The molecule has 2 nitrogen and oxygen atoms in total. The molecule has 0 atom stereocenters. The van der Waals surface area contributed by atoms with Crippen molar-refractivity contribution in [1.82, 2.24) is 0 Å². The van der Waals surface area contributed by atoms with Gasteiger partial charge in [-0.15, -0.1) is 0 Å². The van der Waals surface area contributed by atoms with Gasteiger partial charge in [-0.3, -0.25) is 0 Å². The van der Waals surface area contributed by atoms with Crippen LogP contribution >= 0.6 is 0 Å². The van der Waals surface area contributed by atoms with Crippen LogP contribution in [0.25, 0.3) is 0 Å². The summed E-state index contributed by atoms with van der Waals surface area (Å²) in [6.07, 6.45) is 2.80. The van der Waals surface area contributed by atoms with Crippen LogP contribution in [0.5, 0.6) is 0 Å². The van der Waals surface area contributed by atoms with E-state index in [0.29, 0.717) is 0 Å². The largest absolute Gasteiger partial charge is 0.469 e. The SMILES string of the molecule is c1ccc(N2CCc3occc3C2)cc1. The first kappa shape index (κ1) is 8.60. The van der Waals surface area contributed by atoms with Crippen LogP contribution in [-0.2, 0) is 13.0 Å². The standard InChI is InChI=1S/C13H13NO/c1-2-4-12(5-3-1)14-8-6-13-11(10-14)7-9-15-13/h1-5,7,9H,6,8,10H2. The Morgan fingerprint density at radius 1 is 1.07 bits per heavy atom. The molecule has 0 amide bonds. The molecule has 1 aliphatic rings. The monoisotopic (exact) mass is 199 g/mol. The smallest absolute Gasteiger partial charge is 0.110 e. The van der Waals surface area contributed by atoms with Gasteiger partial charge in [0.05, 0.1) is 6.26 Å². The van der Waals surface area contributed by atoms with Gasteiger partial charge in [0, 0.05) is 30.8 Å². The normalized spacial score (nSPS) is 15.1. The van der Waals surface area contributed by atoms with Crippen molar-refractivity contribution in [1.29, 1.82) is 0 Å². The summed E-state index contributed by atoms with van der Waals surface area (Å²) in [5, 5.41) is 0. The summed E-state index contributed by atoms with van der Waals surface area (Å²) >= 11 is 0.